The molecule has 1 saturated heterocycles. The Balaban J connectivity index is 2.22. The lowest BCUT2D eigenvalue weighted by Gasteiger charge is -2.37. The number of ether oxygens (including phenoxy) is 1. The summed E-state index contributed by atoms with van der Waals surface area (Å²) in [5.74, 6) is -2.67. The lowest BCUT2D eigenvalue weighted by molar-refractivity contribution is -0.172. The van der Waals surface area contributed by atoms with Crippen molar-refractivity contribution in [2.24, 2.45) is 11.3 Å². The van der Waals surface area contributed by atoms with Crippen LogP contribution in [-0.2, 0) is 14.3 Å². The fourth-order valence-electron chi connectivity index (χ4n) is 2.74. The highest BCUT2D eigenvalue weighted by Crippen LogP contribution is 2.45. The van der Waals surface area contributed by atoms with Crippen LogP contribution >= 0.6 is 0 Å². The van der Waals surface area contributed by atoms with Gasteiger partial charge < -0.3 is 14.9 Å². The minimum absolute atomic E-state index is 0.0844. The molecule has 2 unspecified atom stereocenters. The molecule has 0 aromatic heterocycles. The number of rotatable bonds is 4. The first-order chi connectivity index (χ1) is 7.57. The lowest BCUT2D eigenvalue weighted by Crippen LogP contribution is -2.48. The third-order valence-electron chi connectivity index (χ3n) is 3.78. The van der Waals surface area contributed by atoms with Crippen LogP contribution in [0.15, 0.2) is 0 Å². The summed E-state index contributed by atoms with van der Waals surface area (Å²) in [7, 11) is 0. The van der Waals surface area contributed by atoms with Gasteiger partial charge in [-0.05, 0) is 25.2 Å². The zero-order valence-electron chi connectivity index (χ0n) is 9.02. The Labute approximate surface area is 93.4 Å². The van der Waals surface area contributed by atoms with Gasteiger partial charge in [-0.15, -0.1) is 0 Å². The first-order valence-electron chi connectivity index (χ1n) is 5.66. The molecule has 1 aliphatic carbocycles. The van der Waals surface area contributed by atoms with Crippen LogP contribution in [0.3, 0.4) is 0 Å². The third-order valence-corrected chi connectivity index (χ3v) is 3.78. The van der Waals surface area contributed by atoms with Crippen molar-refractivity contribution < 1.29 is 24.5 Å². The molecule has 2 rings (SSSR count). The smallest absolute Gasteiger partial charge is 0.321 e. The highest BCUT2D eigenvalue weighted by Gasteiger charge is 2.54. The van der Waals surface area contributed by atoms with Gasteiger partial charge in [0.05, 0.1) is 12.7 Å². The van der Waals surface area contributed by atoms with E-state index in [9.17, 15) is 19.8 Å². The predicted octanol–water partition coefficient (Wildman–Crippen LogP) is 1.12. The van der Waals surface area contributed by atoms with E-state index < -0.39 is 17.4 Å². The van der Waals surface area contributed by atoms with Crippen LogP contribution in [-0.4, -0.2) is 34.9 Å². The Morgan fingerprint density at radius 3 is 2.38 bits per heavy atom. The Hall–Kier alpha value is -1.10. The van der Waals surface area contributed by atoms with Crippen molar-refractivity contribution in [2.45, 2.75) is 38.2 Å². The molecular formula is C11H16O5. The van der Waals surface area contributed by atoms with Crippen molar-refractivity contribution in [3.63, 3.8) is 0 Å². The van der Waals surface area contributed by atoms with Gasteiger partial charge in [-0.2, -0.15) is 0 Å². The summed E-state index contributed by atoms with van der Waals surface area (Å²) in [6.45, 7) is 0.645. The van der Waals surface area contributed by atoms with Crippen LogP contribution in [0.1, 0.15) is 32.1 Å². The Kier molecular flexibility index (Phi) is 2.88. The summed E-state index contributed by atoms with van der Waals surface area (Å²) in [6.07, 6.45) is 3.17. The summed E-state index contributed by atoms with van der Waals surface area (Å²) in [5, 5.41) is 18.5. The van der Waals surface area contributed by atoms with E-state index >= 15 is 0 Å². The van der Waals surface area contributed by atoms with Gasteiger partial charge in [0, 0.05) is 0 Å². The quantitative estimate of drug-likeness (QED) is 0.556. The monoisotopic (exact) mass is 228 g/mol. The van der Waals surface area contributed by atoms with Crippen LogP contribution in [0.5, 0.6) is 0 Å². The van der Waals surface area contributed by atoms with Crippen molar-refractivity contribution in [1.29, 1.82) is 0 Å². The first-order valence-corrected chi connectivity index (χ1v) is 5.66. The summed E-state index contributed by atoms with van der Waals surface area (Å²) < 4.78 is 5.08. The van der Waals surface area contributed by atoms with Gasteiger partial charge in [0.2, 0.25) is 0 Å². The molecule has 1 saturated carbocycles. The number of carboxylic acids is 2. The van der Waals surface area contributed by atoms with E-state index in [4.69, 9.17) is 4.74 Å². The summed E-state index contributed by atoms with van der Waals surface area (Å²) in [4.78, 5) is 22.6. The summed E-state index contributed by atoms with van der Waals surface area (Å²) in [5.41, 5.74) is -1.58. The fourth-order valence-corrected chi connectivity index (χ4v) is 2.74. The Bertz CT molecular complexity index is 293. The van der Waals surface area contributed by atoms with Gasteiger partial charge >= 0.3 is 11.9 Å². The van der Waals surface area contributed by atoms with E-state index in [0.717, 1.165) is 6.42 Å². The predicted molar refractivity (Wildman–Crippen MR) is 54.0 cm³/mol. The van der Waals surface area contributed by atoms with Gasteiger partial charge in [-0.3, -0.25) is 9.59 Å². The van der Waals surface area contributed by atoms with E-state index in [0.29, 0.717) is 25.9 Å². The molecule has 0 spiro atoms. The van der Waals surface area contributed by atoms with E-state index in [1.807, 2.05) is 0 Å². The highest BCUT2D eigenvalue weighted by atomic mass is 16.6. The zero-order valence-corrected chi connectivity index (χ0v) is 9.02. The second-order valence-electron chi connectivity index (χ2n) is 4.72. The van der Waals surface area contributed by atoms with Gasteiger partial charge in [0.25, 0.3) is 0 Å². The summed E-state index contributed by atoms with van der Waals surface area (Å²) in [6, 6.07) is 0. The highest BCUT2D eigenvalue weighted by molar-refractivity contribution is 5.98. The maximum atomic E-state index is 11.3. The average Bonchev–Trinajstić information content (AvgIpc) is 3.01. The number of carboxylic acid groups (broad SMARTS) is 2. The third kappa shape index (κ3) is 1.80. The maximum Gasteiger partial charge on any atom is 0.321 e. The topological polar surface area (TPSA) is 87.1 Å². The minimum atomic E-state index is -1.58. The standard InChI is InChI=1S/C11H16O5/c12-9(13)11(10(14)15)4-2-1-3-7(11)5-8-6-16-8/h7-8H,1-6H2,(H,12,13)(H,14,15). The van der Waals surface area contributed by atoms with Crippen LogP contribution < -0.4 is 0 Å². The van der Waals surface area contributed by atoms with Crippen LogP contribution in [0.4, 0.5) is 0 Å². The number of hydrogen-bond donors (Lipinski definition) is 2. The van der Waals surface area contributed by atoms with Gasteiger partial charge in [-0.1, -0.05) is 12.8 Å². The molecule has 0 radical (unpaired) electrons. The van der Waals surface area contributed by atoms with Gasteiger partial charge in [0.1, 0.15) is 0 Å². The Morgan fingerprint density at radius 1 is 1.25 bits per heavy atom. The molecule has 0 aromatic rings. The SMILES string of the molecule is O=C(O)C1(C(=O)O)CCCCC1CC1CO1. The van der Waals surface area contributed by atoms with Crippen molar-refractivity contribution in [3.05, 3.63) is 0 Å². The maximum absolute atomic E-state index is 11.3. The van der Waals surface area contributed by atoms with Gasteiger partial charge in [0.15, 0.2) is 5.41 Å². The second kappa shape index (κ2) is 4.05. The number of epoxide rings is 1. The second-order valence-corrected chi connectivity index (χ2v) is 4.72. The first kappa shape index (κ1) is 11.4. The van der Waals surface area contributed by atoms with Crippen molar-refractivity contribution in [1.82, 2.24) is 0 Å². The molecule has 2 aliphatic rings. The van der Waals surface area contributed by atoms with E-state index in [1.165, 1.54) is 0 Å². The van der Waals surface area contributed by atoms with E-state index in [1.54, 1.807) is 0 Å². The average molecular weight is 228 g/mol. The van der Waals surface area contributed by atoms with Crippen LogP contribution in [0.25, 0.3) is 0 Å². The summed E-state index contributed by atoms with van der Waals surface area (Å²) >= 11 is 0. The molecular weight excluding hydrogens is 212 g/mol. The zero-order chi connectivity index (χ0) is 11.8. The van der Waals surface area contributed by atoms with E-state index in [-0.39, 0.29) is 18.4 Å². The minimum Gasteiger partial charge on any atom is -0.480 e. The molecule has 5 nitrogen and oxygen atoms in total. The number of aliphatic carboxylic acids is 2. The van der Waals surface area contributed by atoms with Crippen LogP contribution in [0, 0.1) is 11.3 Å². The molecule has 16 heavy (non-hydrogen) atoms. The van der Waals surface area contributed by atoms with Crippen molar-refractivity contribution in [3.8, 4) is 0 Å². The Morgan fingerprint density at radius 2 is 1.88 bits per heavy atom. The molecule has 0 aromatic carbocycles. The molecule has 1 aliphatic heterocycles. The van der Waals surface area contributed by atoms with Crippen molar-refractivity contribution in [2.75, 3.05) is 6.61 Å². The lowest BCUT2D eigenvalue weighted by atomic mass is 9.64. The molecule has 1 heterocycles. The molecule has 90 valence electrons. The fraction of sp³-hybridized carbons (Fsp3) is 0.818. The largest absolute Gasteiger partial charge is 0.480 e. The van der Waals surface area contributed by atoms with Crippen LogP contribution in [0.2, 0.25) is 0 Å². The molecule has 2 fully saturated rings. The number of carbonyl (C=O) groups is 2. The molecule has 2 atom stereocenters. The molecule has 2 N–H and O–H groups in total. The molecule has 0 bridgehead atoms. The van der Waals surface area contributed by atoms with Crippen molar-refractivity contribution >= 4 is 11.9 Å². The molecule has 0 amide bonds. The normalized spacial score (nSPS) is 32.0. The van der Waals surface area contributed by atoms with Gasteiger partial charge in [-0.25, -0.2) is 0 Å². The van der Waals surface area contributed by atoms with E-state index in [2.05, 4.69) is 0 Å². The molecule has 5 heteroatoms. The number of hydrogen-bond acceptors (Lipinski definition) is 3.